The smallest absolute Gasteiger partial charge is 0.319 e. The molecule has 4 atom stereocenters. The molecule has 4 aliphatic heterocycles. The molecule has 6 heterocycles. The van der Waals surface area contributed by atoms with Crippen LogP contribution in [0.1, 0.15) is 37.7 Å². The third-order valence-corrected chi connectivity index (χ3v) is 11.4. The van der Waals surface area contributed by atoms with Crippen molar-refractivity contribution in [3.8, 4) is 35.4 Å². The predicted molar refractivity (Wildman–Crippen MR) is 200 cm³/mol. The van der Waals surface area contributed by atoms with E-state index in [2.05, 4.69) is 38.0 Å². The van der Waals surface area contributed by atoms with Crippen molar-refractivity contribution in [3.05, 3.63) is 60.3 Å². The Labute approximate surface area is 319 Å². The molecular weight excluding hydrogens is 729 g/mol. The summed E-state index contributed by atoms with van der Waals surface area (Å²) in [7, 11) is 0. The lowest BCUT2D eigenvalue weighted by molar-refractivity contribution is -0.135. The number of aromatic hydroxyl groups is 1. The van der Waals surface area contributed by atoms with E-state index in [1.54, 1.807) is 4.90 Å². The van der Waals surface area contributed by atoms with Crippen molar-refractivity contribution in [1.82, 2.24) is 35.4 Å². The van der Waals surface area contributed by atoms with Crippen LogP contribution in [0.4, 0.5) is 19.0 Å². The fourth-order valence-electron chi connectivity index (χ4n) is 8.97. The normalized spacial score (nSPS) is 22.9. The van der Waals surface area contributed by atoms with Gasteiger partial charge in [-0.15, -0.1) is 6.42 Å². The molecule has 56 heavy (non-hydrogen) atoms. The Bertz CT molecular complexity index is 2320. The number of anilines is 1. The Morgan fingerprint density at radius 3 is 2.64 bits per heavy atom. The van der Waals surface area contributed by atoms with Crippen LogP contribution in [0.25, 0.3) is 32.9 Å². The second-order valence-electron chi connectivity index (χ2n) is 14.8. The van der Waals surface area contributed by atoms with E-state index in [1.807, 2.05) is 4.90 Å². The number of carbonyl (C=O) groups excluding carboxylic acids is 3. The minimum atomic E-state index is -0.992. The van der Waals surface area contributed by atoms with E-state index in [0.29, 0.717) is 50.1 Å². The van der Waals surface area contributed by atoms with Gasteiger partial charge in [0.2, 0.25) is 17.7 Å². The minimum Gasteiger partial charge on any atom is -0.508 e. The lowest BCUT2D eigenvalue weighted by atomic mass is 9.95. The number of terminal acetylenes is 1. The maximum Gasteiger partial charge on any atom is 0.319 e. The number of nitrogens with one attached hydrogen (secondary N) is 2. The number of rotatable bonds is 10. The number of amides is 3. The lowest BCUT2D eigenvalue weighted by Crippen LogP contribution is -2.58. The molecule has 4 saturated heterocycles. The highest BCUT2D eigenvalue weighted by Gasteiger charge is 2.49. The zero-order valence-electron chi connectivity index (χ0n) is 30.4. The number of alkyl halides is 1. The quantitative estimate of drug-likeness (QED) is 0.162. The molecule has 4 aromatic rings. The van der Waals surface area contributed by atoms with E-state index >= 15 is 4.39 Å². The largest absolute Gasteiger partial charge is 0.508 e. The first kappa shape index (κ1) is 37.0. The number of phenols is 1. The minimum absolute atomic E-state index is 0.0651. The number of carbonyl (C=O) groups is 3. The second-order valence-corrected chi connectivity index (χ2v) is 14.8. The van der Waals surface area contributed by atoms with Gasteiger partial charge in [-0.05, 0) is 61.9 Å². The van der Waals surface area contributed by atoms with Crippen molar-refractivity contribution in [2.45, 2.75) is 55.9 Å². The van der Waals surface area contributed by atoms with Gasteiger partial charge in [-0.1, -0.05) is 18.6 Å². The molecule has 0 spiro atoms. The first-order valence-electron chi connectivity index (χ1n) is 18.5. The number of hydrogen-bond acceptors (Lipinski definition) is 10. The number of phenolic OH excluding ortho intramolecular Hbond substituents is 1. The first-order chi connectivity index (χ1) is 27.0. The summed E-state index contributed by atoms with van der Waals surface area (Å²) < 4.78 is 52.9. The zero-order chi connectivity index (χ0) is 39.3. The molecule has 3 N–H and O–H groups in total. The number of ether oxygens (including phenoxy) is 1. The lowest BCUT2D eigenvalue weighted by Gasteiger charge is -2.42. The Hall–Kier alpha value is -5.95. The summed E-state index contributed by atoms with van der Waals surface area (Å²) in [6.07, 6.45) is 10.5. The summed E-state index contributed by atoms with van der Waals surface area (Å²) in [5.74, 6) is -0.417. The summed E-state index contributed by atoms with van der Waals surface area (Å²) in [5, 5.41) is 16.4. The van der Waals surface area contributed by atoms with Crippen LogP contribution in [0.3, 0.4) is 0 Å². The molecule has 4 fully saturated rings. The van der Waals surface area contributed by atoms with Crippen LogP contribution in [0.2, 0.25) is 0 Å². The molecule has 16 heteroatoms. The Morgan fingerprint density at radius 1 is 1.11 bits per heavy atom. The maximum atomic E-state index is 17.1. The van der Waals surface area contributed by atoms with Crippen LogP contribution >= 0.6 is 0 Å². The van der Waals surface area contributed by atoms with E-state index in [-0.39, 0.29) is 82.6 Å². The average molecular weight is 769 g/mol. The van der Waals surface area contributed by atoms with Crippen LogP contribution in [-0.4, -0.2) is 117 Å². The third-order valence-electron chi connectivity index (χ3n) is 11.4. The van der Waals surface area contributed by atoms with Gasteiger partial charge in [0.05, 0.1) is 29.6 Å². The van der Waals surface area contributed by atoms with Crippen LogP contribution in [-0.2, 0) is 14.4 Å². The molecule has 3 amide bonds. The summed E-state index contributed by atoms with van der Waals surface area (Å²) in [6.45, 7) is 4.59. The summed E-state index contributed by atoms with van der Waals surface area (Å²) in [5.41, 5.74) is -0.952. The van der Waals surface area contributed by atoms with Crippen LogP contribution in [0.5, 0.6) is 11.8 Å². The Kier molecular flexibility index (Phi) is 9.65. The summed E-state index contributed by atoms with van der Waals surface area (Å²) in [4.78, 5) is 56.6. The van der Waals surface area contributed by atoms with E-state index in [1.165, 1.54) is 30.5 Å². The molecule has 4 aliphatic rings. The third kappa shape index (κ3) is 6.59. The SMILES string of the molecule is C#Cc1c(F)ccc2cc(O)cc(-c3ncc4c(N5CC6CCC(C5)N6C(=O)CNC(=O)CNC(=O)C=C)nc(OCC56CCCN5CC(F)C6)nc4c3F)c12. The van der Waals surface area contributed by atoms with Gasteiger partial charge in [-0.3, -0.25) is 24.3 Å². The number of halogens is 3. The summed E-state index contributed by atoms with van der Waals surface area (Å²) >= 11 is 0. The van der Waals surface area contributed by atoms with Crippen molar-refractivity contribution in [2.75, 3.05) is 50.8 Å². The number of benzene rings is 2. The van der Waals surface area contributed by atoms with Gasteiger partial charge in [-0.25, -0.2) is 13.2 Å². The molecule has 4 unspecified atom stereocenters. The van der Waals surface area contributed by atoms with E-state index in [4.69, 9.17) is 16.1 Å². The number of hydrogen-bond donors (Lipinski definition) is 3. The molecule has 8 rings (SSSR count). The number of pyridine rings is 1. The summed E-state index contributed by atoms with van der Waals surface area (Å²) in [6, 6.07) is 4.65. The van der Waals surface area contributed by atoms with Crippen molar-refractivity contribution < 1.29 is 37.4 Å². The van der Waals surface area contributed by atoms with Gasteiger partial charge in [0.1, 0.15) is 41.4 Å². The van der Waals surface area contributed by atoms with Crippen molar-refractivity contribution >= 4 is 45.2 Å². The molecule has 0 saturated carbocycles. The molecule has 290 valence electrons. The molecule has 0 aliphatic carbocycles. The molecule has 13 nitrogen and oxygen atoms in total. The molecule has 2 aromatic carbocycles. The van der Waals surface area contributed by atoms with Gasteiger partial charge in [0, 0.05) is 55.3 Å². The first-order valence-corrected chi connectivity index (χ1v) is 18.5. The standard InChI is InChI=1S/C40H39F3N8O5/c1-3-27-30(42)9-6-22-12-26(52)13-28(34(22)27)36-35(43)37-29(15-46-36)38(48-39(47-37)56-21-40-10-5-11-50(40)18-23(41)14-40)49-19-24-7-8-25(20-49)51(24)33(55)17-45-32(54)16-44-31(53)4-2/h1,4,6,9,12-13,15,23-25,52H,2,5,7-8,10-11,14,16-21H2,(H,44,53)(H,45,54). The van der Waals surface area contributed by atoms with Gasteiger partial charge in [-0.2, -0.15) is 9.97 Å². The zero-order valence-corrected chi connectivity index (χ0v) is 30.4. The second kappa shape index (κ2) is 14.6. The topological polar surface area (TPSA) is 153 Å². The van der Waals surface area contributed by atoms with Crippen molar-refractivity contribution in [1.29, 1.82) is 0 Å². The predicted octanol–water partition coefficient (Wildman–Crippen LogP) is 3.36. The highest BCUT2D eigenvalue weighted by atomic mass is 19.1. The van der Waals surface area contributed by atoms with Gasteiger partial charge < -0.3 is 30.3 Å². The monoisotopic (exact) mass is 768 g/mol. The fraction of sp³-hybridized carbons (Fsp3) is 0.400. The van der Waals surface area contributed by atoms with Crippen LogP contribution < -0.4 is 20.3 Å². The van der Waals surface area contributed by atoms with Gasteiger partial charge >= 0.3 is 6.01 Å². The van der Waals surface area contributed by atoms with Gasteiger partial charge in [0.25, 0.3) is 0 Å². The van der Waals surface area contributed by atoms with Gasteiger partial charge in [0.15, 0.2) is 5.82 Å². The van der Waals surface area contributed by atoms with Crippen molar-refractivity contribution in [3.63, 3.8) is 0 Å². The average Bonchev–Trinajstić information content (AvgIpc) is 3.81. The highest BCUT2D eigenvalue weighted by Crippen LogP contribution is 2.42. The number of nitrogens with zero attached hydrogens (tertiary/aromatic N) is 6. The number of aromatic nitrogens is 3. The van der Waals surface area contributed by atoms with Crippen LogP contribution in [0, 0.1) is 24.0 Å². The maximum absolute atomic E-state index is 17.1. The van der Waals surface area contributed by atoms with Crippen LogP contribution in [0.15, 0.2) is 43.1 Å². The fourth-order valence-corrected chi connectivity index (χ4v) is 8.97. The van der Waals surface area contributed by atoms with E-state index in [0.717, 1.165) is 25.5 Å². The molecule has 2 aromatic heterocycles. The number of fused-ring (bicyclic) bond motifs is 5. The molecular formula is C40H39F3N8O5. The van der Waals surface area contributed by atoms with E-state index < -0.39 is 35.2 Å². The Balaban J connectivity index is 1.14. The van der Waals surface area contributed by atoms with Crippen molar-refractivity contribution in [2.24, 2.45) is 0 Å². The highest BCUT2D eigenvalue weighted by molar-refractivity contribution is 6.03. The Morgan fingerprint density at radius 2 is 1.89 bits per heavy atom. The molecule has 0 radical (unpaired) electrons. The number of piperazine rings is 1. The van der Waals surface area contributed by atoms with E-state index in [9.17, 15) is 28.3 Å². The molecule has 2 bridgehead atoms.